The van der Waals surface area contributed by atoms with Gasteiger partial charge in [-0.05, 0) is 48.5 Å². The van der Waals surface area contributed by atoms with Crippen LogP contribution in [0.15, 0.2) is 54.7 Å². The van der Waals surface area contributed by atoms with Gasteiger partial charge >= 0.3 is 0 Å². The van der Waals surface area contributed by atoms with Gasteiger partial charge in [0.25, 0.3) is 0 Å². The van der Waals surface area contributed by atoms with Crippen LogP contribution in [0.4, 0.5) is 4.39 Å². The third kappa shape index (κ3) is 2.30. The second-order valence-corrected chi connectivity index (χ2v) is 4.07. The lowest BCUT2D eigenvalue weighted by Crippen LogP contribution is -1.94. The van der Waals surface area contributed by atoms with E-state index < -0.39 is 0 Å². The maximum absolute atomic E-state index is 12.8. The molecule has 3 aromatic rings. The maximum Gasteiger partial charge on any atom is 0.123 e. The van der Waals surface area contributed by atoms with Gasteiger partial charge in [0.05, 0.1) is 11.9 Å². The average molecular weight is 255 g/mol. The molecular weight excluding hydrogens is 245 g/mol. The van der Waals surface area contributed by atoms with Crippen molar-refractivity contribution in [2.24, 2.45) is 0 Å². The highest BCUT2D eigenvalue weighted by Gasteiger charge is 2.05. The van der Waals surface area contributed by atoms with Crippen molar-refractivity contribution in [3.8, 4) is 22.7 Å². The van der Waals surface area contributed by atoms with E-state index in [2.05, 4.69) is 10.3 Å². The minimum Gasteiger partial charge on any atom is -0.508 e. The van der Waals surface area contributed by atoms with Gasteiger partial charge in [-0.3, -0.25) is 0 Å². The smallest absolute Gasteiger partial charge is 0.123 e. The van der Waals surface area contributed by atoms with Gasteiger partial charge in [0.15, 0.2) is 0 Å². The van der Waals surface area contributed by atoms with Crippen LogP contribution in [-0.2, 0) is 0 Å². The van der Waals surface area contributed by atoms with Crippen molar-refractivity contribution in [1.29, 1.82) is 0 Å². The zero-order valence-electron chi connectivity index (χ0n) is 9.86. The summed E-state index contributed by atoms with van der Waals surface area (Å²) in [7, 11) is 0. The number of aromatic hydroxyl groups is 1. The molecule has 1 N–H and O–H groups in total. The molecule has 0 fully saturated rings. The van der Waals surface area contributed by atoms with Crippen molar-refractivity contribution in [3.63, 3.8) is 0 Å². The monoisotopic (exact) mass is 255 g/mol. The molecule has 0 aliphatic carbocycles. The van der Waals surface area contributed by atoms with Crippen molar-refractivity contribution in [2.45, 2.75) is 0 Å². The molecule has 94 valence electrons. The number of phenolic OH excluding ortho intramolecular Hbond substituents is 1. The molecule has 0 atom stereocenters. The molecule has 0 bridgehead atoms. The first-order valence-corrected chi connectivity index (χ1v) is 5.70. The molecule has 4 nitrogen and oxygen atoms in total. The van der Waals surface area contributed by atoms with Crippen molar-refractivity contribution in [2.75, 3.05) is 0 Å². The third-order valence-electron chi connectivity index (χ3n) is 2.75. The summed E-state index contributed by atoms with van der Waals surface area (Å²) in [6, 6.07) is 12.7. The normalized spacial score (nSPS) is 10.6. The highest BCUT2D eigenvalue weighted by molar-refractivity contribution is 5.59. The Morgan fingerprint density at radius 1 is 0.947 bits per heavy atom. The van der Waals surface area contributed by atoms with E-state index in [-0.39, 0.29) is 11.6 Å². The minimum absolute atomic E-state index is 0.203. The summed E-state index contributed by atoms with van der Waals surface area (Å²) in [6.07, 6.45) is 1.75. The molecule has 3 rings (SSSR count). The molecule has 1 heterocycles. The second kappa shape index (κ2) is 4.53. The minimum atomic E-state index is -0.289. The molecule has 0 unspecified atom stereocenters. The lowest BCUT2D eigenvalue weighted by molar-refractivity contribution is 0.475. The van der Waals surface area contributed by atoms with Crippen molar-refractivity contribution in [3.05, 3.63) is 60.5 Å². The van der Waals surface area contributed by atoms with Crippen LogP contribution in [-0.4, -0.2) is 20.1 Å². The Labute approximate surface area is 108 Å². The van der Waals surface area contributed by atoms with E-state index in [1.54, 1.807) is 47.3 Å². The van der Waals surface area contributed by atoms with E-state index in [0.717, 1.165) is 11.3 Å². The Bertz CT molecular complexity index is 629. The predicted molar refractivity (Wildman–Crippen MR) is 68.4 cm³/mol. The molecule has 0 aliphatic heterocycles. The summed E-state index contributed by atoms with van der Waals surface area (Å²) in [4.78, 5) is 0. The molecule has 0 radical (unpaired) electrons. The first-order valence-electron chi connectivity index (χ1n) is 5.70. The van der Waals surface area contributed by atoms with Gasteiger partial charge in [-0.15, -0.1) is 5.10 Å². The van der Waals surface area contributed by atoms with E-state index in [1.807, 2.05) is 0 Å². The van der Waals surface area contributed by atoms with E-state index >= 15 is 0 Å². The maximum atomic E-state index is 12.8. The Kier molecular flexibility index (Phi) is 2.72. The van der Waals surface area contributed by atoms with Crippen LogP contribution in [0.1, 0.15) is 0 Å². The van der Waals surface area contributed by atoms with Crippen molar-refractivity contribution >= 4 is 0 Å². The Morgan fingerprint density at radius 3 is 2.32 bits per heavy atom. The predicted octanol–water partition coefficient (Wildman–Crippen LogP) is 2.78. The molecule has 19 heavy (non-hydrogen) atoms. The molecule has 0 saturated carbocycles. The molecular formula is C14H10FN3O. The second-order valence-electron chi connectivity index (χ2n) is 4.07. The number of rotatable bonds is 2. The molecule has 0 amide bonds. The molecule has 0 saturated heterocycles. The number of halogens is 1. The van der Waals surface area contributed by atoms with E-state index in [0.29, 0.717) is 5.69 Å². The number of aromatic nitrogens is 3. The zero-order valence-corrected chi connectivity index (χ0v) is 9.86. The molecule has 5 heteroatoms. The van der Waals surface area contributed by atoms with Crippen LogP contribution < -0.4 is 0 Å². The molecule has 0 aliphatic rings. The number of phenols is 1. The highest BCUT2D eigenvalue weighted by atomic mass is 19.1. The number of nitrogens with zero attached hydrogens (tertiary/aromatic N) is 3. The van der Waals surface area contributed by atoms with Crippen LogP contribution >= 0.6 is 0 Å². The standard InChI is InChI=1S/C14H10FN3O/c15-11-3-5-12(6-4-11)18-9-14(16-17-18)10-1-7-13(19)8-2-10/h1-9,19H. The van der Waals surface area contributed by atoms with Crippen molar-refractivity contribution in [1.82, 2.24) is 15.0 Å². The van der Waals surface area contributed by atoms with Gasteiger partial charge in [-0.2, -0.15) is 0 Å². The highest BCUT2D eigenvalue weighted by Crippen LogP contribution is 2.20. The molecule has 2 aromatic carbocycles. The molecule has 0 spiro atoms. The third-order valence-corrected chi connectivity index (χ3v) is 2.75. The van der Waals surface area contributed by atoms with Gasteiger partial charge in [0.1, 0.15) is 17.3 Å². The van der Waals surface area contributed by atoms with Crippen LogP contribution in [0.2, 0.25) is 0 Å². The van der Waals surface area contributed by atoms with Crippen LogP contribution in [0, 0.1) is 5.82 Å². The Balaban J connectivity index is 1.95. The van der Waals surface area contributed by atoms with Gasteiger partial charge < -0.3 is 5.11 Å². The quantitative estimate of drug-likeness (QED) is 0.766. The summed E-state index contributed by atoms with van der Waals surface area (Å²) in [5, 5.41) is 17.3. The summed E-state index contributed by atoms with van der Waals surface area (Å²) >= 11 is 0. The number of benzene rings is 2. The zero-order chi connectivity index (χ0) is 13.2. The fourth-order valence-electron chi connectivity index (χ4n) is 1.75. The van der Waals surface area contributed by atoms with Gasteiger partial charge in [0, 0.05) is 5.56 Å². The van der Waals surface area contributed by atoms with Crippen LogP contribution in [0.25, 0.3) is 16.9 Å². The SMILES string of the molecule is Oc1ccc(-c2cn(-c3ccc(F)cc3)nn2)cc1. The number of hydrogen-bond donors (Lipinski definition) is 1. The Hall–Kier alpha value is -2.69. The van der Waals surface area contributed by atoms with Crippen LogP contribution in [0.3, 0.4) is 0 Å². The number of hydrogen-bond acceptors (Lipinski definition) is 3. The molecule has 1 aromatic heterocycles. The summed E-state index contributed by atoms with van der Waals surface area (Å²) < 4.78 is 14.4. The van der Waals surface area contributed by atoms with Crippen LogP contribution in [0.5, 0.6) is 5.75 Å². The fourth-order valence-corrected chi connectivity index (χ4v) is 1.75. The van der Waals surface area contributed by atoms with E-state index in [9.17, 15) is 9.50 Å². The van der Waals surface area contributed by atoms with Crippen molar-refractivity contribution < 1.29 is 9.50 Å². The Morgan fingerprint density at radius 2 is 1.63 bits per heavy atom. The van der Waals surface area contributed by atoms with Gasteiger partial charge in [-0.25, -0.2) is 9.07 Å². The summed E-state index contributed by atoms with van der Waals surface area (Å²) in [6.45, 7) is 0. The summed E-state index contributed by atoms with van der Waals surface area (Å²) in [5.74, 6) is -0.0858. The lowest BCUT2D eigenvalue weighted by Gasteiger charge is -1.98. The van der Waals surface area contributed by atoms with E-state index in [4.69, 9.17) is 0 Å². The first-order chi connectivity index (χ1) is 9.22. The first kappa shape index (κ1) is 11.4. The average Bonchev–Trinajstić information content (AvgIpc) is 2.90. The topological polar surface area (TPSA) is 50.9 Å². The van der Waals surface area contributed by atoms with Gasteiger partial charge in [-0.1, -0.05) is 5.21 Å². The summed E-state index contributed by atoms with van der Waals surface area (Å²) in [5.41, 5.74) is 2.27. The van der Waals surface area contributed by atoms with Gasteiger partial charge in [0.2, 0.25) is 0 Å². The largest absolute Gasteiger partial charge is 0.508 e. The fraction of sp³-hybridized carbons (Fsp3) is 0. The lowest BCUT2D eigenvalue weighted by atomic mass is 10.2. The van der Waals surface area contributed by atoms with E-state index in [1.165, 1.54) is 12.1 Å².